The van der Waals surface area contributed by atoms with Gasteiger partial charge in [-0.15, -0.1) is 0 Å². The first kappa shape index (κ1) is 69.7. The quantitative estimate of drug-likeness (QED) is 0.0457. The number of nitrogens with one attached hydrogen (secondary N) is 3. The number of cyclic esters (lactones) is 1. The number of aromatic nitrogens is 2. The van der Waals surface area contributed by atoms with Gasteiger partial charge < -0.3 is 74.3 Å². The Morgan fingerprint density at radius 1 is 0.722 bits per heavy atom. The SMILES string of the molecule is CCc1c2c(nc3ccccc13)-c1cc3c(c(=O)n1C2)COC(=O)[C@@]3(CC)OC(=O)[C@@H](NC(=O)[C@@H]1CCCN1C(=O)[C@H](CC(=O)O)NC(=O)CN(C)C(=O)CN(C)C(=O)CN(C)C(=O)CN(C)C(=O)CN(C)C(=O)CN(C)C(=O)CN(C)C(=O)CNC)C(C)C. The predicted octanol–water partition coefficient (Wildman–Crippen LogP) is -2.29. The standard InChI is InChI=1S/C60H81N13O17/c1-13-35-36-18-15-16-19-40(36)63-54-37(35)25-73-43(54)22-39-38(56(73)85)33-89-59(88)60(39,14-2)90-58(87)53(34(3)4)64-55(84)42-20-17-21-72(42)57(86)41(23-52(82)83)62-44(74)26-65(6)46(76)28-67(8)48(78)30-69(10)50(80)32-71(12)51(81)31-70(11)49(79)29-68(9)47(77)27-66(7)45(75)24-61-5/h15-16,18-19,22,34,41-42,53,61H,13-14,17,20-21,23-33H2,1-12H3,(H,62,74)(H,64,84)(H,82,83)/t41-,42-,53-,60-/m0/s1. The van der Waals surface area contributed by atoms with E-state index in [0.29, 0.717) is 23.3 Å². The van der Waals surface area contributed by atoms with Crippen LogP contribution in [0.3, 0.4) is 0 Å². The Kier molecular flexibility index (Phi) is 23.1. The Balaban J connectivity index is 1.02. The van der Waals surface area contributed by atoms with Crippen molar-refractivity contribution in [1.29, 1.82) is 0 Å². The Morgan fingerprint density at radius 2 is 1.23 bits per heavy atom. The van der Waals surface area contributed by atoms with Crippen molar-refractivity contribution in [3.8, 4) is 11.4 Å². The zero-order valence-electron chi connectivity index (χ0n) is 53.0. The summed E-state index contributed by atoms with van der Waals surface area (Å²) < 4.78 is 13.3. The summed E-state index contributed by atoms with van der Waals surface area (Å²) >= 11 is 0. The number of aryl methyl sites for hydroxylation is 1. The van der Waals surface area contributed by atoms with Crippen LogP contribution in [0, 0.1) is 5.92 Å². The van der Waals surface area contributed by atoms with E-state index < -0.39 is 152 Å². The number of aliphatic carboxylic acids is 1. The molecule has 0 spiro atoms. The zero-order valence-corrected chi connectivity index (χ0v) is 53.0. The van der Waals surface area contributed by atoms with Gasteiger partial charge in [0.05, 0.1) is 87.8 Å². The Hall–Kier alpha value is -9.35. The first-order valence-corrected chi connectivity index (χ1v) is 29.4. The molecule has 1 saturated heterocycles. The number of rotatable bonds is 27. The molecule has 10 amide bonds. The van der Waals surface area contributed by atoms with Crippen LogP contribution in [0.5, 0.6) is 0 Å². The summed E-state index contributed by atoms with van der Waals surface area (Å²) in [5, 5.41) is 18.5. The van der Waals surface area contributed by atoms with Gasteiger partial charge in [0.1, 0.15) is 24.7 Å². The molecule has 3 aliphatic rings. The van der Waals surface area contributed by atoms with Crippen LogP contribution in [0.25, 0.3) is 22.3 Å². The number of hydrogen-bond donors (Lipinski definition) is 4. The van der Waals surface area contributed by atoms with E-state index in [1.807, 2.05) is 31.2 Å². The molecule has 4 atom stereocenters. The number of carbonyl (C=O) groups is 13. The van der Waals surface area contributed by atoms with Crippen molar-refractivity contribution >= 4 is 87.9 Å². The number of pyridine rings is 2. The van der Waals surface area contributed by atoms with Gasteiger partial charge in [-0.05, 0) is 56.3 Å². The van der Waals surface area contributed by atoms with Gasteiger partial charge >= 0.3 is 17.9 Å². The third-order valence-corrected chi connectivity index (χ3v) is 16.3. The lowest BCUT2D eigenvalue weighted by Gasteiger charge is -2.37. The third kappa shape index (κ3) is 15.7. The summed E-state index contributed by atoms with van der Waals surface area (Å²) in [5.41, 5.74) is 1.26. The van der Waals surface area contributed by atoms with Crippen molar-refractivity contribution in [3.63, 3.8) is 0 Å². The lowest BCUT2D eigenvalue weighted by atomic mass is 9.85. The number of benzene rings is 1. The molecule has 3 aromatic rings. The van der Waals surface area contributed by atoms with Crippen molar-refractivity contribution in [1.82, 2.24) is 64.7 Å². The van der Waals surface area contributed by atoms with E-state index in [1.54, 1.807) is 38.5 Å². The van der Waals surface area contributed by atoms with Crippen molar-refractivity contribution in [3.05, 3.63) is 62.9 Å². The van der Waals surface area contributed by atoms with Gasteiger partial charge in [0, 0.05) is 72.4 Å². The molecule has 1 fully saturated rings. The number of nitrogens with zero attached hydrogens (tertiary/aromatic N) is 10. The molecular formula is C60H81N13O17. The summed E-state index contributed by atoms with van der Waals surface area (Å²) in [6.07, 6.45) is -0.0963. The summed E-state index contributed by atoms with van der Waals surface area (Å²) in [6, 6.07) is 4.83. The normalized spacial score (nSPS) is 16.1. The monoisotopic (exact) mass is 1260 g/mol. The molecule has 0 radical (unpaired) electrons. The van der Waals surface area contributed by atoms with Gasteiger partial charge in [-0.25, -0.2) is 14.6 Å². The van der Waals surface area contributed by atoms with E-state index in [1.165, 1.54) is 54.2 Å². The second-order valence-electron chi connectivity index (χ2n) is 23.2. The number of amides is 10. The summed E-state index contributed by atoms with van der Waals surface area (Å²) in [7, 11) is 10.8. The molecule has 4 N–H and O–H groups in total. The zero-order chi connectivity index (χ0) is 66.8. The molecule has 90 heavy (non-hydrogen) atoms. The molecule has 6 rings (SSSR count). The fourth-order valence-corrected chi connectivity index (χ4v) is 10.8. The van der Waals surface area contributed by atoms with E-state index in [4.69, 9.17) is 14.5 Å². The number of carboxylic acid groups (broad SMARTS) is 1. The van der Waals surface area contributed by atoms with Crippen molar-refractivity contribution in [2.45, 2.75) is 96.7 Å². The van der Waals surface area contributed by atoms with Crippen LogP contribution < -0.4 is 21.5 Å². The van der Waals surface area contributed by atoms with E-state index >= 15 is 0 Å². The minimum Gasteiger partial charge on any atom is -0.481 e. The van der Waals surface area contributed by atoms with Gasteiger partial charge in [-0.3, -0.25) is 57.5 Å². The van der Waals surface area contributed by atoms with E-state index in [2.05, 4.69) is 16.0 Å². The number of ether oxygens (including phenoxy) is 2. The fraction of sp³-hybridized carbons (Fsp3) is 0.550. The Bertz CT molecular complexity index is 3420. The van der Waals surface area contributed by atoms with Crippen molar-refractivity contribution in [2.75, 3.05) is 115 Å². The summed E-state index contributed by atoms with van der Waals surface area (Å²) in [4.78, 5) is 200. The number of carbonyl (C=O) groups excluding carboxylic acids is 12. The topological polar surface area (TPSA) is 358 Å². The molecule has 3 aliphatic heterocycles. The second-order valence-corrected chi connectivity index (χ2v) is 23.2. The highest BCUT2D eigenvalue weighted by Crippen LogP contribution is 2.42. The van der Waals surface area contributed by atoms with Crippen LogP contribution in [0.2, 0.25) is 0 Å². The van der Waals surface area contributed by atoms with Crippen LogP contribution in [-0.2, 0) is 97.0 Å². The minimum atomic E-state index is -2.12. The minimum absolute atomic E-state index is 0.0169. The number of carboxylic acids is 1. The smallest absolute Gasteiger partial charge is 0.355 e. The van der Waals surface area contributed by atoms with Crippen LogP contribution in [0.1, 0.15) is 75.6 Å². The highest BCUT2D eigenvalue weighted by atomic mass is 16.6. The molecule has 488 valence electrons. The number of likely N-dealkylation sites (N-methyl/N-ethyl adjacent to an activating group) is 8. The molecule has 0 bridgehead atoms. The second kappa shape index (κ2) is 29.8. The lowest BCUT2D eigenvalue weighted by Crippen LogP contribution is -2.58. The molecular weight excluding hydrogens is 1170 g/mol. The number of likely N-dealkylation sites (tertiary alicyclic amines) is 1. The lowest BCUT2D eigenvalue weighted by molar-refractivity contribution is -0.191. The van der Waals surface area contributed by atoms with Crippen molar-refractivity contribution in [2.24, 2.45) is 5.92 Å². The van der Waals surface area contributed by atoms with Crippen LogP contribution in [-0.4, -0.2) is 264 Å². The number of hydrogen-bond acceptors (Lipinski definition) is 18. The van der Waals surface area contributed by atoms with Gasteiger partial charge in [0.25, 0.3) is 5.56 Å². The highest BCUT2D eigenvalue weighted by molar-refractivity contribution is 5.98. The molecule has 0 saturated carbocycles. The Morgan fingerprint density at radius 3 is 1.72 bits per heavy atom. The van der Waals surface area contributed by atoms with Gasteiger partial charge in [-0.2, -0.15) is 0 Å². The average molecular weight is 1260 g/mol. The van der Waals surface area contributed by atoms with Gasteiger partial charge in [0.2, 0.25) is 64.7 Å². The predicted molar refractivity (Wildman–Crippen MR) is 321 cm³/mol. The number of esters is 2. The van der Waals surface area contributed by atoms with Crippen LogP contribution in [0.4, 0.5) is 0 Å². The first-order chi connectivity index (χ1) is 42.4. The third-order valence-electron chi connectivity index (χ3n) is 16.3. The maximum Gasteiger partial charge on any atom is 0.355 e. The number of fused-ring (bicyclic) bond motifs is 5. The molecule has 5 heterocycles. The first-order valence-electron chi connectivity index (χ1n) is 29.4. The molecule has 1 aromatic carbocycles. The molecule has 2 aromatic heterocycles. The molecule has 0 aliphatic carbocycles. The largest absolute Gasteiger partial charge is 0.481 e. The molecule has 0 unspecified atom stereocenters. The van der Waals surface area contributed by atoms with Crippen LogP contribution >= 0.6 is 0 Å². The fourth-order valence-electron chi connectivity index (χ4n) is 10.8. The van der Waals surface area contributed by atoms with E-state index in [-0.39, 0.29) is 69.1 Å². The Labute approximate surface area is 520 Å². The molecule has 30 nitrogen and oxygen atoms in total. The number of para-hydroxylation sites is 1. The van der Waals surface area contributed by atoms with E-state index in [9.17, 15) is 72.2 Å². The highest BCUT2D eigenvalue weighted by Gasteiger charge is 2.52. The molecule has 30 heteroatoms. The van der Waals surface area contributed by atoms with Crippen molar-refractivity contribution < 1.29 is 76.9 Å². The van der Waals surface area contributed by atoms with Crippen LogP contribution in [0.15, 0.2) is 35.1 Å². The summed E-state index contributed by atoms with van der Waals surface area (Å²) in [5.74, 6) is -11.1. The van der Waals surface area contributed by atoms with Gasteiger partial charge in [-0.1, -0.05) is 45.9 Å². The van der Waals surface area contributed by atoms with E-state index in [0.717, 1.165) is 50.8 Å². The average Bonchev–Trinajstić information content (AvgIpc) is 1.48. The maximum absolute atomic E-state index is 14.5. The maximum atomic E-state index is 14.5. The van der Waals surface area contributed by atoms with Gasteiger partial charge in [0.15, 0.2) is 0 Å². The summed E-state index contributed by atoms with van der Waals surface area (Å²) in [6.45, 7) is 3.18.